The SMILES string of the molecule is CC(O)Oc1ccc(-c2ccc(C(=O)O)cc2)cc1. The van der Waals surface area contributed by atoms with Gasteiger partial charge in [0.05, 0.1) is 5.56 Å². The molecule has 0 bridgehead atoms. The van der Waals surface area contributed by atoms with Crippen molar-refractivity contribution < 1.29 is 19.7 Å². The Bertz CT molecular complexity index is 556. The topological polar surface area (TPSA) is 66.8 Å². The van der Waals surface area contributed by atoms with Crippen molar-refractivity contribution in [2.24, 2.45) is 0 Å². The van der Waals surface area contributed by atoms with Gasteiger partial charge < -0.3 is 14.9 Å². The minimum atomic E-state index is -0.938. The zero-order chi connectivity index (χ0) is 13.8. The Labute approximate surface area is 110 Å². The van der Waals surface area contributed by atoms with E-state index >= 15 is 0 Å². The molecule has 0 aliphatic heterocycles. The molecular formula is C15H14O4. The van der Waals surface area contributed by atoms with Gasteiger partial charge >= 0.3 is 5.97 Å². The summed E-state index contributed by atoms with van der Waals surface area (Å²) in [5, 5.41) is 17.9. The summed E-state index contributed by atoms with van der Waals surface area (Å²) < 4.78 is 5.13. The van der Waals surface area contributed by atoms with Gasteiger partial charge in [-0.15, -0.1) is 0 Å². The number of benzene rings is 2. The van der Waals surface area contributed by atoms with Crippen LogP contribution in [-0.2, 0) is 0 Å². The van der Waals surface area contributed by atoms with Gasteiger partial charge in [0.1, 0.15) is 5.75 Å². The molecule has 1 unspecified atom stereocenters. The molecule has 19 heavy (non-hydrogen) atoms. The van der Waals surface area contributed by atoms with Gasteiger partial charge in [-0.05, 0) is 42.3 Å². The molecule has 1 atom stereocenters. The van der Waals surface area contributed by atoms with Gasteiger partial charge in [-0.3, -0.25) is 0 Å². The summed E-state index contributed by atoms with van der Waals surface area (Å²) in [5.41, 5.74) is 2.14. The number of rotatable bonds is 4. The summed E-state index contributed by atoms with van der Waals surface area (Å²) >= 11 is 0. The summed E-state index contributed by atoms with van der Waals surface area (Å²) in [7, 11) is 0. The van der Waals surface area contributed by atoms with Crippen molar-refractivity contribution in [3.8, 4) is 16.9 Å². The smallest absolute Gasteiger partial charge is 0.335 e. The summed E-state index contributed by atoms with van der Waals surface area (Å²) in [6, 6.07) is 13.9. The average molecular weight is 258 g/mol. The van der Waals surface area contributed by atoms with Crippen LogP contribution in [0, 0.1) is 0 Å². The van der Waals surface area contributed by atoms with E-state index in [1.807, 2.05) is 12.1 Å². The third kappa shape index (κ3) is 3.33. The minimum Gasteiger partial charge on any atom is -0.478 e. The van der Waals surface area contributed by atoms with Crippen LogP contribution in [0.1, 0.15) is 17.3 Å². The van der Waals surface area contributed by atoms with Gasteiger partial charge in [-0.2, -0.15) is 0 Å². The fraction of sp³-hybridized carbons (Fsp3) is 0.133. The Kier molecular flexibility index (Phi) is 3.82. The number of hydrogen-bond donors (Lipinski definition) is 2. The standard InChI is InChI=1S/C15H14O4/c1-10(16)19-14-8-6-12(7-9-14)11-2-4-13(5-3-11)15(17)18/h2-10,16H,1H3,(H,17,18). The maximum atomic E-state index is 10.8. The van der Waals surface area contributed by atoms with Gasteiger partial charge in [0.2, 0.25) is 0 Å². The fourth-order valence-corrected chi connectivity index (χ4v) is 1.73. The van der Waals surface area contributed by atoms with Crippen molar-refractivity contribution in [2.75, 3.05) is 0 Å². The largest absolute Gasteiger partial charge is 0.478 e. The predicted molar refractivity (Wildman–Crippen MR) is 71.1 cm³/mol. The average Bonchev–Trinajstić information content (AvgIpc) is 2.39. The molecule has 0 fully saturated rings. The second-order valence-corrected chi connectivity index (χ2v) is 4.12. The number of carbonyl (C=O) groups is 1. The molecule has 4 nitrogen and oxygen atoms in total. The van der Waals surface area contributed by atoms with Crippen LogP contribution in [0.25, 0.3) is 11.1 Å². The van der Waals surface area contributed by atoms with E-state index in [2.05, 4.69) is 0 Å². The molecule has 0 spiro atoms. The highest BCUT2D eigenvalue weighted by Crippen LogP contribution is 2.23. The molecule has 0 heterocycles. The van der Waals surface area contributed by atoms with Crippen molar-refractivity contribution in [1.29, 1.82) is 0 Å². The number of aliphatic hydroxyl groups excluding tert-OH is 1. The molecule has 0 aromatic heterocycles. The third-order valence-electron chi connectivity index (χ3n) is 2.63. The quantitative estimate of drug-likeness (QED) is 0.827. The number of aliphatic hydroxyl groups is 1. The minimum absolute atomic E-state index is 0.262. The van der Waals surface area contributed by atoms with Crippen molar-refractivity contribution in [1.82, 2.24) is 0 Å². The first kappa shape index (κ1) is 13.1. The van der Waals surface area contributed by atoms with Crippen LogP contribution in [0.4, 0.5) is 0 Å². The lowest BCUT2D eigenvalue weighted by Gasteiger charge is -2.09. The molecule has 2 aromatic carbocycles. The zero-order valence-electron chi connectivity index (χ0n) is 10.4. The lowest BCUT2D eigenvalue weighted by atomic mass is 10.0. The normalized spacial score (nSPS) is 11.9. The summed E-state index contributed by atoms with van der Waals surface area (Å²) in [5.74, 6) is -0.354. The molecule has 0 aliphatic carbocycles. The van der Waals surface area contributed by atoms with E-state index in [-0.39, 0.29) is 5.56 Å². The maximum absolute atomic E-state index is 10.8. The van der Waals surface area contributed by atoms with Crippen LogP contribution in [0.5, 0.6) is 5.75 Å². The maximum Gasteiger partial charge on any atom is 0.335 e. The summed E-state index contributed by atoms with van der Waals surface area (Å²) in [4.78, 5) is 10.8. The Morgan fingerprint density at radius 2 is 1.47 bits per heavy atom. The van der Waals surface area contributed by atoms with Gasteiger partial charge in [-0.25, -0.2) is 4.79 Å². The lowest BCUT2D eigenvalue weighted by molar-refractivity contribution is -0.000290. The second kappa shape index (κ2) is 5.54. The molecule has 0 saturated heterocycles. The Morgan fingerprint density at radius 3 is 1.89 bits per heavy atom. The van der Waals surface area contributed by atoms with Crippen molar-refractivity contribution in [3.05, 3.63) is 54.1 Å². The first-order chi connectivity index (χ1) is 9.06. The van der Waals surface area contributed by atoms with Crippen LogP contribution in [0.2, 0.25) is 0 Å². The number of aromatic carboxylic acids is 1. The first-order valence-corrected chi connectivity index (χ1v) is 5.85. The van der Waals surface area contributed by atoms with Crippen LogP contribution in [0.3, 0.4) is 0 Å². The summed E-state index contributed by atoms with van der Waals surface area (Å²) in [6.07, 6.45) is -0.847. The zero-order valence-corrected chi connectivity index (χ0v) is 10.4. The molecule has 0 radical (unpaired) electrons. The van der Waals surface area contributed by atoms with Crippen LogP contribution in [-0.4, -0.2) is 22.5 Å². The molecule has 0 amide bonds. The van der Waals surface area contributed by atoms with E-state index in [0.29, 0.717) is 5.75 Å². The van der Waals surface area contributed by atoms with E-state index in [1.165, 1.54) is 0 Å². The Morgan fingerprint density at radius 1 is 1.00 bits per heavy atom. The predicted octanol–water partition coefficient (Wildman–Crippen LogP) is 2.77. The molecule has 2 aromatic rings. The van der Waals surface area contributed by atoms with E-state index in [1.54, 1.807) is 43.3 Å². The highest BCUT2D eigenvalue weighted by atomic mass is 16.6. The van der Waals surface area contributed by atoms with E-state index in [9.17, 15) is 4.79 Å². The lowest BCUT2D eigenvalue weighted by Crippen LogP contribution is -2.09. The molecule has 0 aliphatic rings. The van der Waals surface area contributed by atoms with Crippen LogP contribution < -0.4 is 4.74 Å². The fourth-order valence-electron chi connectivity index (χ4n) is 1.73. The van der Waals surface area contributed by atoms with Gasteiger partial charge in [0, 0.05) is 0 Å². The van der Waals surface area contributed by atoms with Crippen molar-refractivity contribution in [2.45, 2.75) is 13.2 Å². The van der Waals surface area contributed by atoms with Crippen molar-refractivity contribution >= 4 is 5.97 Å². The van der Waals surface area contributed by atoms with Gasteiger partial charge in [-0.1, -0.05) is 24.3 Å². The van der Waals surface area contributed by atoms with Gasteiger partial charge in [0.25, 0.3) is 0 Å². The summed E-state index contributed by atoms with van der Waals surface area (Å²) in [6.45, 7) is 1.54. The monoisotopic (exact) mass is 258 g/mol. The molecule has 2 rings (SSSR count). The van der Waals surface area contributed by atoms with E-state index < -0.39 is 12.3 Å². The van der Waals surface area contributed by atoms with Gasteiger partial charge in [0.15, 0.2) is 6.29 Å². The number of ether oxygens (including phenoxy) is 1. The molecule has 4 heteroatoms. The highest BCUT2D eigenvalue weighted by Gasteiger charge is 2.04. The molecular weight excluding hydrogens is 244 g/mol. The third-order valence-corrected chi connectivity index (χ3v) is 2.63. The number of carboxylic acid groups (broad SMARTS) is 1. The highest BCUT2D eigenvalue weighted by molar-refractivity contribution is 5.88. The van der Waals surface area contributed by atoms with Crippen LogP contribution >= 0.6 is 0 Å². The first-order valence-electron chi connectivity index (χ1n) is 5.85. The number of carboxylic acids is 1. The van der Waals surface area contributed by atoms with Crippen molar-refractivity contribution in [3.63, 3.8) is 0 Å². The van der Waals surface area contributed by atoms with E-state index in [4.69, 9.17) is 14.9 Å². The Hall–Kier alpha value is -2.33. The van der Waals surface area contributed by atoms with Crippen LogP contribution in [0.15, 0.2) is 48.5 Å². The Balaban J connectivity index is 2.19. The number of hydrogen-bond acceptors (Lipinski definition) is 3. The molecule has 98 valence electrons. The second-order valence-electron chi connectivity index (χ2n) is 4.12. The van der Waals surface area contributed by atoms with E-state index in [0.717, 1.165) is 11.1 Å². The molecule has 0 saturated carbocycles. The molecule has 2 N–H and O–H groups in total.